The lowest BCUT2D eigenvalue weighted by Gasteiger charge is -2.41. The molecule has 0 spiro atoms. The van der Waals surface area contributed by atoms with E-state index in [2.05, 4.69) is 57.4 Å². The molecule has 0 radical (unpaired) electrons. The average Bonchev–Trinajstić information content (AvgIpc) is 2.64. The summed E-state index contributed by atoms with van der Waals surface area (Å²) in [7, 11) is 0. The molecule has 1 saturated heterocycles. The van der Waals surface area contributed by atoms with Crippen molar-refractivity contribution in [3.05, 3.63) is 59.4 Å². The SMILES string of the molecule is CSc1cccc(CN2CCN(Cc3cccc(C)n3)C(CCO)C2)c1. The van der Waals surface area contributed by atoms with E-state index in [0.29, 0.717) is 6.04 Å². The van der Waals surface area contributed by atoms with Gasteiger partial charge in [-0.3, -0.25) is 14.8 Å². The van der Waals surface area contributed by atoms with Crippen LogP contribution in [-0.4, -0.2) is 58.4 Å². The molecule has 0 bridgehead atoms. The lowest BCUT2D eigenvalue weighted by atomic mass is 10.1. The minimum absolute atomic E-state index is 0.234. The zero-order valence-electron chi connectivity index (χ0n) is 15.8. The lowest BCUT2D eigenvalue weighted by Crippen LogP contribution is -2.52. The molecule has 140 valence electrons. The van der Waals surface area contributed by atoms with Crippen molar-refractivity contribution in [2.24, 2.45) is 0 Å². The van der Waals surface area contributed by atoms with E-state index in [0.717, 1.165) is 50.5 Å². The highest BCUT2D eigenvalue weighted by Crippen LogP contribution is 2.20. The Balaban J connectivity index is 1.63. The van der Waals surface area contributed by atoms with Crippen LogP contribution in [0.1, 0.15) is 23.4 Å². The van der Waals surface area contributed by atoms with Crippen molar-refractivity contribution < 1.29 is 5.11 Å². The van der Waals surface area contributed by atoms with E-state index < -0.39 is 0 Å². The zero-order valence-corrected chi connectivity index (χ0v) is 16.6. The molecule has 0 aliphatic carbocycles. The molecule has 3 rings (SSSR count). The van der Waals surface area contributed by atoms with Crippen molar-refractivity contribution in [1.29, 1.82) is 0 Å². The molecule has 1 fully saturated rings. The van der Waals surface area contributed by atoms with E-state index in [9.17, 15) is 5.11 Å². The number of aliphatic hydroxyl groups is 1. The minimum Gasteiger partial charge on any atom is -0.396 e. The summed E-state index contributed by atoms with van der Waals surface area (Å²) in [6.07, 6.45) is 2.93. The van der Waals surface area contributed by atoms with Crippen molar-refractivity contribution in [2.45, 2.75) is 37.4 Å². The molecular weight excluding hydrogens is 342 g/mol. The highest BCUT2D eigenvalue weighted by atomic mass is 32.2. The highest BCUT2D eigenvalue weighted by molar-refractivity contribution is 7.98. The number of pyridine rings is 1. The second kappa shape index (κ2) is 9.51. The molecule has 5 heteroatoms. The Labute approximate surface area is 161 Å². The molecule has 26 heavy (non-hydrogen) atoms. The van der Waals surface area contributed by atoms with E-state index in [1.54, 1.807) is 11.8 Å². The van der Waals surface area contributed by atoms with Crippen molar-refractivity contribution in [2.75, 3.05) is 32.5 Å². The van der Waals surface area contributed by atoms with Gasteiger partial charge in [-0.05, 0) is 49.4 Å². The van der Waals surface area contributed by atoms with Crippen molar-refractivity contribution in [3.8, 4) is 0 Å². The van der Waals surface area contributed by atoms with Gasteiger partial charge in [-0.2, -0.15) is 0 Å². The van der Waals surface area contributed by atoms with Crippen LogP contribution in [0.15, 0.2) is 47.4 Å². The van der Waals surface area contributed by atoms with Gasteiger partial charge in [-0.15, -0.1) is 11.8 Å². The van der Waals surface area contributed by atoms with E-state index >= 15 is 0 Å². The van der Waals surface area contributed by atoms with Crippen LogP contribution >= 0.6 is 11.8 Å². The first kappa shape index (κ1) is 19.4. The van der Waals surface area contributed by atoms with Gasteiger partial charge in [0, 0.05) is 56.0 Å². The number of thioether (sulfide) groups is 1. The normalized spacial score (nSPS) is 19.0. The van der Waals surface area contributed by atoms with E-state index in [-0.39, 0.29) is 6.61 Å². The molecule has 1 atom stereocenters. The van der Waals surface area contributed by atoms with E-state index in [4.69, 9.17) is 0 Å². The summed E-state index contributed by atoms with van der Waals surface area (Å²) in [5.41, 5.74) is 3.55. The number of aromatic nitrogens is 1. The highest BCUT2D eigenvalue weighted by Gasteiger charge is 2.27. The summed E-state index contributed by atoms with van der Waals surface area (Å²) in [6.45, 7) is 7.18. The fourth-order valence-corrected chi connectivity index (χ4v) is 4.14. The summed E-state index contributed by atoms with van der Waals surface area (Å²) >= 11 is 1.79. The predicted molar refractivity (Wildman–Crippen MR) is 108 cm³/mol. The van der Waals surface area contributed by atoms with Gasteiger partial charge in [0.1, 0.15) is 0 Å². The topological polar surface area (TPSA) is 39.6 Å². The predicted octanol–water partition coefficient (Wildman–Crippen LogP) is 3.18. The summed E-state index contributed by atoms with van der Waals surface area (Å²) in [5.74, 6) is 0. The molecule has 2 heterocycles. The molecule has 1 aliphatic rings. The van der Waals surface area contributed by atoms with Gasteiger partial charge in [-0.25, -0.2) is 0 Å². The van der Waals surface area contributed by atoms with E-state index in [1.165, 1.54) is 10.5 Å². The number of hydrogen-bond donors (Lipinski definition) is 1. The second-order valence-corrected chi connectivity index (χ2v) is 7.87. The first-order chi connectivity index (χ1) is 12.7. The number of aliphatic hydroxyl groups excluding tert-OH is 1. The summed E-state index contributed by atoms with van der Waals surface area (Å²) < 4.78 is 0. The van der Waals surface area contributed by atoms with Crippen molar-refractivity contribution >= 4 is 11.8 Å². The summed E-state index contributed by atoms with van der Waals surface area (Å²) in [5, 5.41) is 9.53. The third-order valence-electron chi connectivity index (χ3n) is 5.00. The fourth-order valence-electron chi connectivity index (χ4n) is 3.66. The monoisotopic (exact) mass is 371 g/mol. The molecule has 1 aromatic carbocycles. The molecule has 0 amide bonds. The maximum absolute atomic E-state index is 9.53. The molecule has 1 aliphatic heterocycles. The Morgan fingerprint density at radius 1 is 1.15 bits per heavy atom. The Hall–Kier alpha value is -1.40. The second-order valence-electron chi connectivity index (χ2n) is 6.99. The van der Waals surface area contributed by atoms with Crippen LogP contribution in [0.4, 0.5) is 0 Å². The molecule has 1 aromatic heterocycles. The van der Waals surface area contributed by atoms with Crippen LogP contribution in [0.5, 0.6) is 0 Å². The van der Waals surface area contributed by atoms with Crippen molar-refractivity contribution in [3.63, 3.8) is 0 Å². The Kier molecular flexibility index (Phi) is 7.08. The van der Waals surface area contributed by atoms with Gasteiger partial charge in [0.2, 0.25) is 0 Å². The minimum atomic E-state index is 0.234. The summed E-state index contributed by atoms with van der Waals surface area (Å²) in [6, 6.07) is 15.4. The largest absolute Gasteiger partial charge is 0.396 e. The molecule has 4 nitrogen and oxygen atoms in total. The molecule has 1 unspecified atom stereocenters. The van der Waals surface area contributed by atoms with Crippen molar-refractivity contribution in [1.82, 2.24) is 14.8 Å². The van der Waals surface area contributed by atoms with Gasteiger partial charge in [-0.1, -0.05) is 18.2 Å². The lowest BCUT2D eigenvalue weighted by molar-refractivity contribution is 0.0491. The van der Waals surface area contributed by atoms with Crippen LogP contribution in [0, 0.1) is 6.92 Å². The van der Waals surface area contributed by atoms with Crippen LogP contribution in [0.25, 0.3) is 0 Å². The van der Waals surface area contributed by atoms with Gasteiger partial charge < -0.3 is 5.11 Å². The number of nitrogens with zero attached hydrogens (tertiary/aromatic N) is 3. The fraction of sp³-hybridized carbons (Fsp3) is 0.476. The molecular formula is C21H29N3OS. The summed E-state index contributed by atoms with van der Waals surface area (Å²) in [4.78, 5) is 11.0. The standard InChI is InChI=1S/C21H29N3OS/c1-17-5-3-7-19(22-17)15-24-11-10-23(16-20(24)9-12-25)14-18-6-4-8-21(13-18)26-2/h3-8,13,20,25H,9-12,14-16H2,1-2H3. The first-order valence-corrected chi connectivity index (χ1v) is 10.5. The first-order valence-electron chi connectivity index (χ1n) is 9.30. The zero-order chi connectivity index (χ0) is 18.4. The van der Waals surface area contributed by atoms with Gasteiger partial charge >= 0.3 is 0 Å². The molecule has 0 saturated carbocycles. The third-order valence-corrected chi connectivity index (χ3v) is 5.73. The average molecular weight is 372 g/mol. The smallest absolute Gasteiger partial charge is 0.0547 e. The Morgan fingerprint density at radius 2 is 2.00 bits per heavy atom. The maximum Gasteiger partial charge on any atom is 0.0547 e. The third kappa shape index (κ3) is 5.30. The quantitative estimate of drug-likeness (QED) is 0.757. The molecule has 2 aromatic rings. The number of piperazine rings is 1. The molecule has 1 N–H and O–H groups in total. The number of rotatable bonds is 7. The van der Waals surface area contributed by atoms with E-state index in [1.807, 2.05) is 13.0 Å². The Morgan fingerprint density at radius 3 is 2.77 bits per heavy atom. The number of aryl methyl sites for hydroxylation is 1. The van der Waals surface area contributed by atoms with Crippen LogP contribution in [-0.2, 0) is 13.1 Å². The van der Waals surface area contributed by atoms with Crippen LogP contribution < -0.4 is 0 Å². The van der Waals surface area contributed by atoms with Gasteiger partial charge in [0.25, 0.3) is 0 Å². The Bertz CT molecular complexity index is 709. The number of hydrogen-bond acceptors (Lipinski definition) is 5. The van der Waals surface area contributed by atoms with Gasteiger partial charge in [0.15, 0.2) is 0 Å². The van der Waals surface area contributed by atoms with Crippen LogP contribution in [0.2, 0.25) is 0 Å². The maximum atomic E-state index is 9.53. The van der Waals surface area contributed by atoms with Crippen LogP contribution in [0.3, 0.4) is 0 Å². The number of benzene rings is 1. The van der Waals surface area contributed by atoms with Gasteiger partial charge in [0.05, 0.1) is 5.69 Å².